The Hall–Kier alpha value is -3.37. The van der Waals surface area contributed by atoms with E-state index in [-0.39, 0.29) is 5.11 Å². The number of anilines is 2. The summed E-state index contributed by atoms with van der Waals surface area (Å²) in [6.45, 7) is 2.57. The third-order valence-electron chi connectivity index (χ3n) is 4.90. The molecule has 2 N–H and O–H groups in total. The fourth-order valence-corrected chi connectivity index (χ4v) is 3.47. The minimum Gasteiger partial charge on any atom is -0.497 e. The molecule has 1 fully saturated rings. The number of ether oxygens (including phenoxy) is 4. The van der Waals surface area contributed by atoms with Crippen LogP contribution in [0.4, 0.5) is 11.4 Å². The highest BCUT2D eigenvalue weighted by molar-refractivity contribution is 7.80. The number of hydrogen-bond acceptors (Lipinski definition) is 8. The quantitative estimate of drug-likeness (QED) is 0.499. The molecule has 0 atom stereocenters. The van der Waals surface area contributed by atoms with Crippen LogP contribution in [0.15, 0.2) is 36.4 Å². The van der Waals surface area contributed by atoms with Gasteiger partial charge in [-0.1, -0.05) is 0 Å². The molecular weight excluding hydrogens is 434 g/mol. The van der Waals surface area contributed by atoms with Crippen LogP contribution in [0.5, 0.6) is 11.5 Å². The molecule has 0 unspecified atom stereocenters. The summed E-state index contributed by atoms with van der Waals surface area (Å²) in [5, 5.41) is 5.76. The van der Waals surface area contributed by atoms with Crippen LogP contribution >= 0.6 is 12.2 Å². The van der Waals surface area contributed by atoms with Crippen LogP contribution in [-0.4, -0.2) is 64.6 Å². The maximum Gasteiger partial charge on any atom is 0.337 e. The summed E-state index contributed by atoms with van der Waals surface area (Å²) in [6, 6.07) is 10.0. The van der Waals surface area contributed by atoms with Crippen molar-refractivity contribution in [2.24, 2.45) is 0 Å². The Kier molecular flexibility index (Phi) is 7.85. The van der Waals surface area contributed by atoms with Crippen LogP contribution in [0.25, 0.3) is 0 Å². The maximum absolute atomic E-state index is 12.8. The van der Waals surface area contributed by atoms with Gasteiger partial charge < -0.3 is 29.2 Å². The van der Waals surface area contributed by atoms with Crippen LogP contribution in [-0.2, 0) is 9.47 Å². The second-order valence-electron chi connectivity index (χ2n) is 6.80. The van der Waals surface area contributed by atoms with Crippen molar-refractivity contribution in [3.63, 3.8) is 0 Å². The molecule has 3 rings (SSSR count). The summed E-state index contributed by atoms with van der Waals surface area (Å²) >= 11 is 5.37. The fraction of sp³-hybridized carbons (Fsp3) is 0.318. The van der Waals surface area contributed by atoms with Gasteiger partial charge in [-0.2, -0.15) is 0 Å². The van der Waals surface area contributed by atoms with Crippen LogP contribution in [0.2, 0.25) is 0 Å². The van der Waals surface area contributed by atoms with Gasteiger partial charge in [0.1, 0.15) is 11.5 Å². The fourth-order valence-electron chi connectivity index (χ4n) is 3.27. The molecule has 9 nitrogen and oxygen atoms in total. The molecule has 0 aromatic heterocycles. The summed E-state index contributed by atoms with van der Waals surface area (Å²) < 4.78 is 20.7. The SMILES string of the molecule is COC(=O)c1ccc(N2CCOCC2)c(NC(=S)NC(=O)c2ccc(OC)cc2OC)c1. The number of nitrogens with one attached hydrogen (secondary N) is 2. The van der Waals surface area contributed by atoms with E-state index in [2.05, 4.69) is 15.5 Å². The molecule has 1 aliphatic rings. The van der Waals surface area contributed by atoms with E-state index < -0.39 is 11.9 Å². The molecule has 0 spiro atoms. The van der Waals surface area contributed by atoms with Gasteiger partial charge in [0.15, 0.2) is 5.11 Å². The predicted octanol–water partition coefficient (Wildman–Crippen LogP) is 2.45. The molecule has 32 heavy (non-hydrogen) atoms. The predicted molar refractivity (Wildman–Crippen MR) is 124 cm³/mol. The van der Waals surface area contributed by atoms with Crippen molar-refractivity contribution in [3.05, 3.63) is 47.5 Å². The zero-order valence-corrected chi connectivity index (χ0v) is 18.9. The zero-order chi connectivity index (χ0) is 23.1. The Labute approximate surface area is 191 Å². The third-order valence-corrected chi connectivity index (χ3v) is 5.10. The highest BCUT2D eigenvalue weighted by Gasteiger charge is 2.19. The molecule has 2 aromatic rings. The number of nitrogens with zero attached hydrogens (tertiary/aromatic N) is 1. The first kappa shape index (κ1) is 23.3. The summed E-state index contributed by atoms with van der Waals surface area (Å²) in [4.78, 5) is 26.9. The van der Waals surface area contributed by atoms with Gasteiger partial charge in [-0.3, -0.25) is 10.1 Å². The molecule has 1 amide bonds. The summed E-state index contributed by atoms with van der Waals surface area (Å²) in [7, 11) is 4.31. The van der Waals surface area contributed by atoms with Crippen molar-refractivity contribution in [3.8, 4) is 11.5 Å². The number of carbonyl (C=O) groups excluding carboxylic acids is 2. The first-order chi connectivity index (χ1) is 15.5. The number of morpholine rings is 1. The lowest BCUT2D eigenvalue weighted by Gasteiger charge is -2.31. The second kappa shape index (κ2) is 10.8. The van der Waals surface area contributed by atoms with Crippen LogP contribution in [0.3, 0.4) is 0 Å². The average molecular weight is 460 g/mol. The van der Waals surface area contributed by atoms with Crippen molar-refractivity contribution in [2.45, 2.75) is 0 Å². The molecule has 0 saturated carbocycles. The number of methoxy groups -OCH3 is 3. The van der Waals surface area contributed by atoms with Crippen molar-refractivity contribution in [2.75, 3.05) is 57.8 Å². The lowest BCUT2D eigenvalue weighted by molar-refractivity contribution is 0.0600. The van der Waals surface area contributed by atoms with Crippen molar-refractivity contribution < 1.29 is 28.5 Å². The Balaban J connectivity index is 1.81. The number of thiocarbonyl (C=S) groups is 1. The molecule has 0 aliphatic carbocycles. The maximum atomic E-state index is 12.8. The third kappa shape index (κ3) is 5.45. The standard InChI is InChI=1S/C22H25N3O6S/c1-28-15-5-6-16(19(13-15)29-2)20(26)24-22(32)23-17-12-14(21(27)30-3)4-7-18(17)25-8-10-31-11-9-25/h4-7,12-13H,8-11H2,1-3H3,(H2,23,24,26,32). The number of hydrogen-bond donors (Lipinski definition) is 2. The van der Waals surface area contributed by atoms with E-state index in [1.165, 1.54) is 21.3 Å². The number of amides is 1. The largest absolute Gasteiger partial charge is 0.497 e. The lowest BCUT2D eigenvalue weighted by Crippen LogP contribution is -2.38. The lowest BCUT2D eigenvalue weighted by atomic mass is 10.1. The van der Waals surface area contributed by atoms with Gasteiger partial charge in [0, 0.05) is 19.2 Å². The van der Waals surface area contributed by atoms with Crippen molar-refractivity contribution in [1.29, 1.82) is 0 Å². The van der Waals surface area contributed by atoms with Gasteiger partial charge in [-0.05, 0) is 42.5 Å². The topological polar surface area (TPSA) is 98.4 Å². The zero-order valence-electron chi connectivity index (χ0n) is 18.1. The molecule has 1 saturated heterocycles. The number of rotatable bonds is 6. The highest BCUT2D eigenvalue weighted by Crippen LogP contribution is 2.29. The van der Waals surface area contributed by atoms with E-state index in [0.29, 0.717) is 54.6 Å². The summed E-state index contributed by atoms with van der Waals surface area (Å²) in [6.07, 6.45) is 0. The van der Waals surface area contributed by atoms with Gasteiger partial charge >= 0.3 is 5.97 Å². The first-order valence-corrected chi connectivity index (χ1v) is 10.3. The normalized spacial score (nSPS) is 13.2. The Morgan fingerprint density at radius 2 is 1.78 bits per heavy atom. The van der Waals surface area contributed by atoms with Crippen LogP contribution in [0, 0.1) is 0 Å². The van der Waals surface area contributed by atoms with E-state index in [0.717, 1.165) is 5.69 Å². The van der Waals surface area contributed by atoms with E-state index in [1.54, 1.807) is 30.3 Å². The molecule has 10 heteroatoms. The minimum absolute atomic E-state index is 0.0735. The summed E-state index contributed by atoms with van der Waals surface area (Å²) in [5.74, 6) is -0.00114. The van der Waals surface area contributed by atoms with Gasteiger partial charge in [0.2, 0.25) is 0 Å². The van der Waals surface area contributed by atoms with E-state index >= 15 is 0 Å². The monoisotopic (exact) mass is 459 g/mol. The molecule has 1 aliphatic heterocycles. The van der Waals surface area contributed by atoms with Gasteiger partial charge in [-0.25, -0.2) is 4.79 Å². The number of esters is 1. The first-order valence-electron chi connectivity index (χ1n) is 9.86. The highest BCUT2D eigenvalue weighted by atomic mass is 32.1. The molecule has 1 heterocycles. The van der Waals surface area contributed by atoms with Gasteiger partial charge in [0.05, 0.1) is 57.0 Å². The van der Waals surface area contributed by atoms with Crippen LogP contribution < -0.4 is 25.0 Å². The minimum atomic E-state index is -0.473. The second-order valence-corrected chi connectivity index (χ2v) is 7.21. The van der Waals surface area contributed by atoms with Gasteiger partial charge in [0.25, 0.3) is 5.91 Å². The Morgan fingerprint density at radius 3 is 2.44 bits per heavy atom. The molecule has 0 bridgehead atoms. The molecule has 0 radical (unpaired) electrons. The van der Waals surface area contributed by atoms with E-state index in [1.807, 2.05) is 6.07 Å². The molecule has 170 valence electrons. The van der Waals surface area contributed by atoms with Crippen molar-refractivity contribution in [1.82, 2.24) is 5.32 Å². The smallest absolute Gasteiger partial charge is 0.337 e. The Morgan fingerprint density at radius 1 is 1.03 bits per heavy atom. The summed E-state index contributed by atoms with van der Waals surface area (Å²) in [5.41, 5.74) is 2.06. The van der Waals surface area contributed by atoms with E-state index in [9.17, 15) is 9.59 Å². The number of benzene rings is 2. The molecule has 2 aromatic carbocycles. The van der Waals surface area contributed by atoms with E-state index in [4.69, 9.17) is 31.2 Å². The van der Waals surface area contributed by atoms with Crippen LogP contribution in [0.1, 0.15) is 20.7 Å². The van der Waals surface area contributed by atoms with Crippen molar-refractivity contribution >= 4 is 40.6 Å². The van der Waals surface area contributed by atoms with Gasteiger partial charge in [-0.15, -0.1) is 0 Å². The number of carbonyl (C=O) groups is 2. The Bertz CT molecular complexity index is 1010. The molecular formula is C22H25N3O6S. The average Bonchev–Trinajstić information content (AvgIpc) is 2.83.